The molecule has 4 heterocycles. The van der Waals surface area contributed by atoms with Crippen molar-refractivity contribution in [2.24, 2.45) is 23.7 Å². The molecule has 5 aliphatic rings. The Labute approximate surface area is 268 Å². The highest BCUT2D eigenvalue weighted by molar-refractivity contribution is 5.78. The molecule has 9 nitrogen and oxygen atoms in total. The zero-order chi connectivity index (χ0) is 32.7. The maximum atomic E-state index is 14.0. The third kappa shape index (κ3) is 6.75. The highest BCUT2D eigenvalue weighted by Crippen LogP contribution is 2.47. The molecular formula is C36H53NO8. The average Bonchev–Trinajstić information content (AvgIpc) is 3.33. The number of nitrogens with zero attached hydrogens (tertiary/aromatic N) is 1. The fourth-order valence-corrected chi connectivity index (χ4v) is 7.95. The molecule has 45 heavy (non-hydrogen) atoms. The number of fused-ring (bicyclic) bond motifs is 2. The molecule has 4 aliphatic heterocycles. The van der Waals surface area contributed by atoms with Crippen molar-refractivity contribution in [3.63, 3.8) is 0 Å². The van der Waals surface area contributed by atoms with Gasteiger partial charge in [0.05, 0.1) is 18.8 Å². The van der Waals surface area contributed by atoms with Gasteiger partial charge in [0.2, 0.25) is 5.91 Å². The molecule has 0 saturated carbocycles. The zero-order valence-corrected chi connectivity index (χ0v) is 28.0. The van der Waals surface area contributed by atoms with E-state index in [2.05, 4.69) is 33.8 Å². The van der Waals surface area contributed by atoms with E-state index in [9.17, 15) is 19.8 Å². The van der Waals surface area contributed by atoms with Gasteiger partial charge in [0.15, 0.2) is 5.79 Å². The molecule has 0 aromatic rings. The maximum absolute atomic E-state index is 14.0. The minimum absolute atomic E-state index is 0.00218. The number of hydrogen-bond donors (Lipinski definition) is 2. The van der Waals surface area contributed by atoms with Gasteiger partial charge >= 0.3 is 5.97 Å². The molecule has 0 unspecified atom stereocenters. The van der Waals surface area contributed by atoms with E-state index in [1.54, 1.807) is 38.1 Å². The van der Waals surface area contributed by atoms with Crippen LogP contribution in [-0.2, 0) is 28.5 Å². The van der Waals surface area contributed by atoms with Crippen LogP contribution in [0.5, 0.6) is 0 Å². The van der Waals surface area contributed by atoms with E-state index in [0.29, 0.717) is 49.2 Å². The van der Waals surface area contributed by atoms with E-state index in [1.807, 2.05) is 12.2 Å². The van der Waals surface area contributed by atoms with E-state index in [0.717, 1.165) is 18.4 Å². The first kappa shape index (κ1) is 34.0. The SMILES string of the molecule is CC[C@H]1O[C@]2(CC[C@@H]1C)C[C@@H]1C[C@@H](C/C=C(\C)[C@H](CC(=O)N(C)C)[C@@H](C)/C=C/C=C3\CO[C@@H]4[C@H](O)C(C)=C[C@@H](C(=O)O1)[C@]34O)O2. The van der Waals surface area contributed by atoms with Gasteiger partial charge in [-0.3, -0.25) is 9.59 Å². The van der Waals surface area contributed by atoms with Crippen LogP contribution in [0.2, 0.25) is 0 Å². The number of carbonyl (C=O) groups excluding carboxylic acids is 2. The summed E-state index contributed by atoms with van der Waals surface area (Å²) in [6.07, 6.45) is 11.2. The van der Waals surface area contributed by atoms with Crippen LogP contribution in [0.15, 0.2) is 47.1 Å². The number of carbonyl (C=O) groups is 2. The van der Waals surface area contributed by atoms with Crippen molar-refractivity contribution in [1.82, 2.24) is 4.90 Å². The summed E-state index contributed by atoms with van der Waals surface area (Å²) in [5, 5.41) is 23.2. The summed E-state index contributed by atoms with van der Waals surface area (Å²) in [4.78, 5) is 28.6. The second-order valence-electron chi connectivity index (χ2n) is 14.3. The van der Waals surface area contributed by atoms with Crippen LogP contribution in [0.4, 0.5) is 0 Å². The summed E-state index contributed by atoms with van der Waals surface area (Å²) in [7, 11) is 3.55. The molecule has 0 aromatic heterocycles. The van der Waals surface area contributed by atoms with Crippen LogP contribution in [-0.4, -0.2) is 89.6 Å². The van der Waals surface area contributed by atoms with Crippen molar-refractivity contribution in [3.05, 3.63) is 47.1 Å². The Morgan fingerprint density at radius 3 is 2.60 bits per heavy atom. The molecular weight excluding hydrogens is 574 g/mol. The van der Waals surface area contributed by atoms with Gasteiger partial charge in [-0.2, -0.15) is 0 Å². The molecule has 2 N–H and O–H groups in total. The van der Waals surface area contributed by atoms with Crippen LogP contribution >= 0.6 is 0 Å². The molecule has 2 bridgehead atoms. The van der Waals surface area contributed by atoms with Gasteiger partial charge in [-0.15, -0.1) is 0 Å². The number of amides is 1. The van der Waals surface area contributed by atoms with Crippen LogP contribution in [0.3, 0.4) is 0 Å². The lowest BCUT2D eigenvalue weighted by Crippen LogP contribution is -2.58. The van der Waals surface area contributed by atoms with Crippen molar-refractivity contribution < 1.29 is 38.7 Å². The number of esters is 1. The number of aliphatic hydroxyl groups is 2. The van der Waals surface area contributed by atoms with Crippen molar-refractivity contribution in [2.75, 3.05) is 20.7 Å². The molecule has 1 aliphatic carbocycles. The van der Waals surface area contributed by atoms with Gasteiger partial charge < -0.3 is 34.1 Å². The summed E-state index contributed by atoms with van der Waals surface area (Å²) in [5.41, 5.74) is 0.417. The number of aliphatic hydroxyl groups excluding tert-OH is 1. The third-order valence-electron chi connectivity index (χ3n) is 10.9. The number of rotatable bonds is 3. The summed E-state index contributed by atoms with van der Waals surface area (Å²) in [5.74, 6) is -2.03. The Hall–Kier alpha value is -2.30. The predicted octanol–water partition coefficient (Wildman–Crippen LogP) is 4.63. The Kier molecular flexibility index (Phi) is 10.2. The average molecular weight is 628 g/mol. The maximum Gasteiger partial charge on any atom is 0.316 e. The fraction of sp³-hybridized carbons (Fsp3) is 0.722. The molecule has 0 aromatic carbocycles. The summed E-state index contributed by atoms with van der Waals surface area (Å²) in [6, 6.07) is 0. The molecule has 1 spiro atoms. The molecule has 11 atom stereocenters. The normalized spacial score (nSPS) is 45.3. The summed E-state index contributed by atoms with van der Waals surface area (Å²) in [6.45, 7) is 10.3. The Balaban J connectivity index is 1.56. The monoisotopic (exact) mass is 627 g/mol. The number of ether oxygens (including phenoxy) is 4. The van der Waals surface area contributed by atoms with E-state index in [1.165, 1.54) is 0 Å². The molecule has 0 radical (unpaired) electrons. The van der Waals surface area contributed by atoms with E-state index in [-0.39, 0.29) is 36.6 Å². The van der Waals surface area contributed by atoms with Gasteiger partial charge in [-0.05, 0) is 62.0 Å². The van der Waals surface area contributed by atoms with Gasteiger partial charge in [0, 0.05) is 39.8 Å². The molecule has 3 saturated heterocycles. The molecule has 1 amide bonds. The quantitative estimate of drug-likeness (QED) is 0.344. The smallest absolute Gasteiger partial charge is 0.316 e. The first-order valence-corrected chi connectivity index (χ1v) is 16.8. The number of hydrogen-bond acceptors (Lipinski definition) is 8. The van der Waals surface area contributed by atoms with E-state index in [4.69, 9.17) is 18.9 Å². The van der Waals surface area contributed by atoms with Gasteiger partial charge in [-0.1, -0.05) is 56.7 Å². The van der Waals surface area contributed by atoms with Crippen LogP contribution < -0.4 is 0 Å². The summed E-state index contributed by atoms with van der Waals surface area (Å²) >= 11 is 0. The molecule has 9 heteroatoms. The van der Waals surface area contributed by atoms with Crippen LogP contribution in [0, 0.1) is 23.7 Å². The van der Waals surface area contributed by atoms with Crippen LogP contribution in [0.1, 0.15) is 79.6 Å². The predicted molar refractivity (Wildman–Crippen MR) is 170 cm³/mol. The van der Waals surface area contributed by atoms with Gasteiger partial charge in [-0.25, -0.2) is 0 Å². The second kappa shape index (κ2) is 13.4. The molecule has 5 rings (SSSR count). The van der Waals surface area contributed by atoms with Gasteiger partial charge in [0.1, 0.15) is 29.8 Å². The minimum atomic E-state index is -1.76. The van der Waals surface area contributed by atoms with E-state index < -0.39 is 41.6 Å². The Morgan fingerprint density at radius 1 is 1.13 bits per heavy atom. The molecule has 250 valence electrons. The Bertz CT molecular complexity index is 1250. The number of allylic oxidation sites excluding steroid dienone is 4. The van der Waals surface area contributed by atoms with Crippen molar-refractivity contribution >= 4 is 11.9 Å². The van der Waals surface area contributed by atoms with Gasteiger partial charge in [0.25, 0.3) is 0 Å². The summed E-state index contributed by atoms with van der Waals surface area (Å²) < 4.78 is 25.7. The Morgan fingerprint density at radius 2 is 1.89 bits per heavy atom. The topological polar surface area (TPSA) is 115 Å². The lowest BCUT2D eigenvalue weighted by Gasteiger charge is -2.50. The second-order valence-corrected chi connectivity index (χ2v) is 14.3. The zero-order valence-electron chi connectivity index (χ0n) is 28.0. The standard InChI is InChI=1S/C36H53NO8/c1-8-30-23(4)14-15-35(45-30)19-27-17-26(44-35)13-12-22(3)28(18-31(38)37(6)7)21(2)10-9-11-25-20-42-33-32(39)24(5)16-29(34(40)43-27)36(25,33)41/h9-12,16,21,23,26-30,32-33,39,41H,8,13-15,17-20H2,1-7H3/b10-9+,22-12+,25-11+/t21-,23-,26+,27-,28+,29-,30+,32+,33+,35+,36+/m0/s1. The lowest BCUT2D eigenvalue weighted by atomic mass is 9.71. The highest BCUT2D eigenvalue weighted by Gasteiger charge is 2.60. The third-order valence-corrected chi connectivity index (χ3v) is 10.9. The first-order chi connectivity index (χ1) is 21.3. The van der Waals surface area contributed by atoms with Crippen molar-refractivity contribution in [2.45, 2.75) is 121 Å². The highest BCUT2D eigenvalue weighted by atomic mass is 16.7. The van der Waals surface area contributed by atoms with Crippen molar-refractivity contribution in [3.8, 4) is 0 Å². The minimum Gasteiger partial charge on any atom is -0.462 e. The van der Waals surface area contributed by atoms with Crippen molar-refractivity contribution in [1.29, 1.82) is 0 Å². The molecule has 3 fully saturated rings. The fourth-order valence-electron chi connectivity index (χ4n) is 7.95. The first-order valence-electron chi connectivity index (χ1n) is 16.8. The lowest BCUT2D eigenvalue weighted by molar-refractivity contribution is -0.335. The largest absolute Gasteiger partial charge is 0.462 e. The van der Waals surface area contributed by atoms with E-state index >= 15 is 0 Å². The van der Waals surface area contributed by atoms with Crippen LogP contribution in [0.25, 0.3) is 0 Å².